The molecule has 0 spiro atoms. The third kappa shape index (κ3) is 2.12. The van der Waals surface area contributed by atoms with E-state index in [0.29, 0.717) is 5.92 Å². The molecule has 0 unspecified atom stereocenters. The Kier molecular flexibility index (Phi) is 2.81. The zero-order valence-electron chi connectivity index (χ0n) is 11.4. The maximum Gasteiger partial charge on any atom is 0.141 e. The van der Waals surface area contributed by atoms with Crippen LogP contribution in [-0.4, -0.2) is 24.7 Å². The van der Waals surface area contributed by atoms with Gasteiger partial charge < -0.3 is 4.98 Å². The van der Waals surface area contributed by atoms with Gasteiger partial charge >= 0.3 is 0 Å². The number of nitrogens with one attached hydrogen (secondary N) is 1. The van der Waals surface area contributed by atoms with Crippen molar-refractivity contribution in [2.24, 2.45) is 5.92 Å². The van der Waals surface area contributed by atoms with E-state index in [4.69, 9.17) is 0 Å². The molecule has 0 aliphatic rings. The normalized spacial score (nSPS) is 11.6. The molecule has 0 aliphatic carbocycles. The number of H-pyrrole nitrogens is 1. The van der Waals surface area contributed by atoms with Crippen molar-refractivity contribution in [2.75, 3.05) is 0 Å². The minimum Gasteiger partial charge on any atom is -0.346 e. The zero-order valence-corrected chi connectivity index (χ0v) is 11.4. The minimum absolute atomic E-state index is 0.576. The monoisotopic (exact) mass is 255 g/mol. The Bertz CT molecular complexity index is 708. The molecule has 3 heterocycles. The average Bonchev–Trinajstić information content (AvgIpc) is 2.96. The Balaban J connectivity index is 2.09. The van der Waals surface area contributed by atoms with Crippen LogP contribution in [0.2, 0.25) is 0 Å². The van der Waals surface area contributed by atoms with Crippen LogP contribution in [0, 0.1) is 12.8 Å². The molecular formula is C14H17N5. The van der Waals surface area contributed by atoms with Crippen molar-refractivity contribution in [3.8, 4) is 11.3 Å². The van der Waals surface area contributed by atoms with Gasteiger partial charge in [-0.25, -0.2) is 9.97 Å². The van der Waals surface area contributed by atoms with Gasteiger partial charge in [0.25, 0.3) is 0 Å². The van der Waals surface area contributed by atoms with Crippen LogP contribution in [-0.2, 0) is 6.54 Å². The number of fused-ring (bicyclic) bond motifs is 1. The van der Waals surface area contributed by atoms with Gasteiger partial charge in [-0.05, 0) is 18.4 Å². The van der Waals surface area contributed by atoms with Crippen molar-refractivity contribution in [3.63, 3.8) is 0 Å². The van der Waals surface area contributed by atoms with Gasteiger partial charge in [0, 0.05) is 29.9 Å². The summed E-state index contributed by atoms with van der Waals surface area (Å²) < 4.78 is 1.97. The molecule has 0 bridgehead atoms. The predicted octanol–water partition coefficient (Wildman–Crippen LogP) is 2.79. The summed E-state index contributed by atoms with van der Waals surface area (Å²) in [7, 11) is 0. The molecule has 3 aromatic rings. The maximum absolute atomic E-state index is 4.42. The summed E-state index contributed by atoms with van der Waals surface area (Å²) in [6.45, 7) is 7.34. The minimum atomic E-state index is 0.576. The largest absolute Gasteiger partial charge is 0.346 e. The van der Waals surface area contributed by atoms with Gasteiger partial charge in [0.1, 0.15) is 12.0 Å². The van der Waals surface area contributed by atoms with E-state index in [9.17, 15) is 0 Å². The fraction of sp³-hybridized carbons (Fsp3) is 0.357. The summed E-state index contributed by atoms with van der Waals surface area (Å²) in [5, 5.41) is 5.48. The zero-order chi connectivity index (χ0) is 13.4. The summed E-state index contributed by atoms with van der Waals surface area (Å²) in [5.74, 6) is 0.576. The second kappa shape index (κ2) is 4.50. The molecule has 5 heteroatoms. The molecule has 3 aromatic heterocycles. The van der Waals surface area contributed by atoms with E-state index in [-0.39, 0.29) is 0 Å². The number of nitrogens with zero attached hydrogens (tertiary/aromatic N) is 4. The van der Waals surface area contributed by atoms with Crippen molar-refractivity contribution < 1.29 is 0 Å². The second-order valence-corrected chi connectivity index (χ2v) is 5.26. The molecule has 0 amide bonds. The third-order valence-corrected chi connectivity index (χ3v) is 3.13. The van der Waals surface area contributed by atoms with Crippen molar-refractivity contribution in [3.05, 3.63) is 30.5 Å². The van der Waals surface area contributed by atoms with E-state index in [1.807, 2.05) is 23.3 Å². The van der Waals surface area contributed by atoms with Crippen molar-refractivity contribution >= 4 is 11.0 Å². The molecule has 0 aliphatic heterocycles. The van der Waals surface area contributed by atoms with Gasteiger partial charge in [0.15, 0.2) is 0 Å². The van der Waals surface area contributed by atoms with Crippen LogP contribution < -0.4 is 0 Å². The van der Waals surface area contributed by atoms with E-state index in [2.05, 4.69) is 40.8 Å². The Morgan fingerprint density at radius 3 is 2.95 bits per heavy atom. The Hall–Kier alpha value is -2.17. The molecule has 3 rings (SSSR count). The molecule has 5 nitrogen and oxygen atoms in total. The molecule has 0 radical (unpaired) electrons. The van der Waals surface area contributed by atoms with Crippen molar-refractivity contribution in [1.29, 1.82) is 0 Å². The lowest BCUT2D eigenvalue weighted by Crippen LogP contribution is -2.04. The highest BCUT2D eigenvalue weighted by molar-refractivity contribution is 5.92. The van der Waals surface area contributed by atoms with Crippen LogP contribution >= 0.6 is 0 Å². The number of aryl methyl sites for hydroxylation is 1. The van der Waals surface area contributed by atoms with Crippen molar-refractivity contribution in [2.45, 2.75) is 27.3 Å². The topological polar surface area (TPSA) is 59.4 Å². The summed E-state index contributed by atoms with van der Waals surface area (Å²) in [5.41, 5.74) is 4.01. The van der Waals surface area contributed by atoms with Crippen LogP contribution in [0.4, 0.5) is 0 Å². The van der Waals surface area contributed by atoms with Gasteiger partial charge in [-0.3, -0.25) is 4.68 Å². The molecule has 0 aromatic carbocycles. The van der Waals surface area contributed by atoms with E-state index in [1.165, 1.54) is 0 Å². The summed E-state index contributed by atoms with van der Waals surface area (Å²) in [6, 6.07) is 0. The fourth-order valence-electron chi connectivity index (χ4n) is 2.30. The molecule has 0 fully saturated rings. The molecule has 19 heavy (non-hydrogen) atoms. The number of aromatic nitrogens is 5. The first-order valence-electron chi connectivity index (χ1n) is 6.46. The summed E-state index contributed by atoms with van der Waals surface area (Å²) in [4.78, 5) is 11.8. The summed E-state index contributed by atoms with van der Waals surface area (Å²) >= 11 is 0. The van der Waals surface area contributed by atoms with Gasteiger partial charge in [-0.15, -0.1) is 0 Å². The van der Waals surface area contributed by atoms with E-state index < -0.39 is 0 Å². The fourth-order valence-corrected chi connectivity index (χ4v) is 2.30. The van der Waals surface area contributed by atoms with Crippen LogP contribution in [0.25, 0.3) is 22.3 Å². The first kappa shape index (κ1) is 11.9. The Morgan fingerprint density at radius 1 is 1.32 bits per heavy atom. The van der Waals surface area contributed by atoms with Crippen LogP contribution in [0.15, 0.2) is 24.9 Å². The summed E-state index contributed by atoms with van der Waals surface area (Å²) in [6.07, 6.45) is 7.47. The third-order valence-electron chi connectivity index (χ3n) is 3.13. The van der Waals surface area contributed by atoms with E-state index in [1.54, 1.807) is 6.33 Å². The number of hydrogen-bond acceptors (Lipinski definition) is 3. The highest BCUT2D eigenvalue weighted by Gasteiger charge is 2.12. The lowest BCUT2D eigenvalue weighted by atomic mass is 10.1. The molecule has 0 saturated heterocycles. The van der Waals surface area contributed by atoms with Gasteiger partial charge in [-0.2, -0.15) is 5.10 Å². The molecule has 0 atom stereocenters. The van der Waals surface area contributed by atoms with E-state index in [0.717, 1.165) is 34.4 Å². The average molecular weight is 255 g/mol. The number of aromatic amines is 1. The van der Waals surface area contributed by atoms with Gasteiger partial charge in [-0.1, -0.05) is 13.8 Å². The molecule has 1 N–H and O–H groups in total. The molecule has 98 valence electrons. The SMILES string of the molecule is Cc1c[nH]c2ncnc(-c3cnn(CC(C)C)c3)c12. The van der Waals surface area contributed by atoms with Gasteiger partial charge in [0.05, 0.1) is 11.9 Å². The highest BCUT2D eigenvalue weighted by Crippen LogP contribution is 2.27. The lowest BCUT2D eigenvalue weighted by molar-refractivity contribution is 0.483. The first-order valence-corrected chi connectivity index (χ1v) is 6.46. The molecule has 0 saturated carbocycles. The second-order valence-electron chi connectivity index (χ2n) is 5.26. The quantitative estimate of drug-likeness (QED) is 0.782. The Morgan fingerprint density at radius 2 is 2.16 bits per heavy atom. The smallest absolute Gasteiger partial charge is 0.141 e. The Labute approximate surface area is 111 Å². The standard InChI is InChI=1S/C14H17N5/c1-9(2)6-19-7-11(5-18-19)13-12-10(3)4-15-14(12)17-8-16-13/h4-5,7-9H,6H2,1-3H3,(H,15,16,17). The van der Waals surface area contributed by atoms with Gasteiger partial charge in [0.2, 0.25) is 0 Å². The predicted molar refractivity (Wildman–Crippen MR) is 74.7 cm³/mol. The molecular weight excluding hydrogens is 238 g/mol. The lowest BCUT2D eigenvalue weighted by Gasteiger charge is -2.03. The van der Waals surface area contributed by atoms with E-state index >= 15 is 0 Å². The maximum atomic E-state index is 4.42. The van der Waals surface area contributed by atoms with Crippen LogP contribution in [0.3, 0.4) is 0 Å². The first-order chi connectivity index (χ1) is 9.15. The van der Waals surface area contributed by atoms with Crippen LogP contribution in [0.5, 0.6) is 0 Å². The van der Waals surface area contributed by atoms with Crippen LogP contribution in [0.1, 0.15) is 19.4 Å². The number of hydrogen-bond donors (Lipinski definition) is 1. The number of rotatable bonds is 3. The van der Waals surface area contributed by atoms with Crippen molar-refractivity contribution in [1.82, 2.24) is 24.7 Å². The highest BCUT2D eigenvalue weighted by atomic mass is 15.3.